The fourth-order valence-corrected chi connectivity index (χ4v) is 4.10. The topological polar surface area (TPSA) is 57.2 Å². The van der Waals surface area contributed by atoms with Gasteiger partial charge in [0.2, 0.25) is 0 Å². The maximum atomic E-state index is 11.0. The summed E-state index contributed by atoms with van der Waals surface area (Å²) in [6, 6.07) is 6.45. The summed E-state index contributed by atoms with van der Waals surface area (Å²) in [5.41, 5.74) is 0.946. The molecule has 3 nitrogen and oxygen atoms in total. The number of hydrogen-bond acceptors (Lipinski definition) is 3. The predicted octanol–water partition coefficient (Wildman–Crippen LogP) is 4.01. The molecule has 0 heterocycles. The predicted molar refractivity (Wildman–Crippen MR) is 113 cm³/mol. The van der Waals surface area contributed by atoms with E-state index in [9.17, 15) is 13.0 Å². The Morgan fingerprint density at radius 3 is 1.57 bits per heavy atom. The van der Waals surface area contributed by atoms with Gasteiger partial charge >= 0.3 is 51.4 Å². The summed E-state index contributed by atoms with van der Waals surface area (Å²) in [5.74, 6) is 0. The molecule has 0 amide bonds. The molecule has 0 aliphatic heterocycles. The van der Waals surface area contributed by atoms with Gasteiger partial charge in [0.15, 0.2) is 0 Å². The Bertz CT molecular complexity index is 587. The first-order valence-corrected chi connectivity index (χ1v) is 12.5. The van der Waals surface area contributed by atoms with E-state index in [-0.39, 0.29) is 56.3 Å². The summed E-state index contributed by atoms with van der Waals surface area (Å²) in [7, 11) is -4.34. The van der Waals surface area contributed by atoms with Crippen LogP contribution in [0.3, 0.4) is 0 Å². The second-order valence-corrected chi connectivity index (χ2v) is 9.18. The minimum Gasteiger partial charge on any atom is -0.744 e. The van der Waals surface area contributed by atoms with Crippen LogP contribution in [0.4, 0.5) is 0 Å². The third kappa shape index (κ3) is 15.6. The van der Waals surface area contributed by atoms with Gasteiger partial charge in [-0.25, -0.2) is 8.42 Å². The van der Waals surface area contributed by atoms with E-state index in [1.807, 2.05) is 6.07 Å². The second-order valence-electron chi connectivity index (χ2n) is 7.80. The van der Waals surface area contributed by atoms with E-state index >= 15 is 0 Å². The summed E-state index contributed by atoms with van der Waals surface area (Å²) in [6.07, 6.45) is 20.9. The SMILES string of the molecule is CCCCCCCCCCCCCCCCCc1cccc(S(=O)(=O)[O-])c1.[K+]. The fourth-order valence-electron chi connectivity index (χ4n) is 3.56. The molecule has 0 atom stereocenters. The average Bonchev–Trinajstić information content (AvgIpc) is 2.64. The van der Waals surface area contributed by atoms with Gasteiger partial charge in [-0.05, 0) is 30.5 Å². The van der Waals surface area contributed by atoms with Gasteiger partial charge in [-0.1, -0.05) is 109 Å². The third-order valence-corrected chi connectivity index (χ3v) is 6.09. The van der Waals surface area contributed by atoms with E-state index in [0.717, 1.165) is 18.4 Å². The fraction of sp³-hybridized carbons (Fsp3) is 0.739. The Morgan fingerprint density at radius 2 is 1.14 bits per heavy atom. The zero-order valence-electron chi connectivity index (χ0n) is 18.3. The van der Waals surface area contributed by atoms with Gasteiger partial charge in [-0.3, -0.25) is 0 Å². The maximum absolute atomic E-state index is 11.0. The largest absolute Gasteiger partial charge is 1.00 e. The van der Waals surface area contributed by atoms with Crippen molar-refractivity contribution in [2.24, 2.45) is 0 Å². The molecule has 0 spiro atoms. The number of hydrogen-bond donors (Lipinski definition) is 0. The normalized spacial score (nSPS) is 11.4. The summed E-state index contributed by atoms with van der Waals surface area (Å²) in [6.45, 7) is 2.27. The minimum absolute atomic E-state index is 0. The zero-order chi connectivity index (χ0) is 19.8. The van der Waals surface area contributed by atoms with Crippen molar-refractivity contribution in [1.29, 1.82) is 0 Å². The molecule has 156 valence electrons. The molecule has 1 aromatic carbocycles. The smallest absolute Gasteiger partial charge is 0.744 e. The van der Waals surface area contributed by atoms with Crippen LogP contribution in [-0.2, 0) is 16.5 Å². The van der Waals surface area contributed by atoms with Crippen LogP contribution in [0.25, 0.3) is 0 Å². The van der Waals surface area contributed by atoms with Crippen LogP contribution in [0, 0.1) is 0 Å². The van der Waals surface area contributed by atoms with Crippen molar-refractivity contribution in [3.05, 3.63) is 29.8 Å². The maximum Gasteiger partial charge on any atom is 1.00 e. The Morgan fingerprint density at radius 1 is 0.714 bits per heavy atom. The van der Waals surface area contributed by atoms with Crippen LogP contribution in [-0.4, -0.2) is 13.0 Å². The molecule has 0 radical (unpaired) electrons. The van der Waals surface area contributed by atoms with Gasteiger partial charge in [0, 0.05) is 0 Å². The summed E-state index contributed by atoms with van der Waals surface area (Å²) in [4.78, 5) is -0.110. The Hall–Kier alpha value is 0.766. The van der Waals surface area contributed by atoms with E-state index in [1.54, 1.807) is 6.07 Å². The van der Waals surface area contributed by atoms with Crippen molar-refractivity contribution in [1.82, 2.24) is 0 Å². The summed E-state index contributed by atoms with van der Waals surface area (Å²) in [5, 5.41) is 0. The van der Waals surface area contributed by atoms with Crippen molar-refractivity contribution >= 4 is 10.1 Å². The van der Waals surface area contributed by atoms with Crippen LogP contribution in [0.15, 0.2) is 29.2 Å². The first-order chi connectivity index (χ1) is 13.0. The first kappa shape index (κ1) is 28.8. The molecule has 5 heteroatoms. The summed E-state index contributed by atoms with van der Waals surface area (Å²) < 4.78 is 33.1. The average molecular weight is 435 g/mol. The first-order valence-electron chi connectivity index (χ1n) is 11.1. The molecule has 0 bridgehead atoms. The van der Waals surface area contributed by atoms with Crippen molar-refractivity contribution in [2.75, 3.05) is 0 Å². The van der Waals surface area contributed by atoms with Gasteiger partial charge < -0.3 is 4.55 Å². The van der Waals surface area contributed by atoms with Crippen LogP contribution in [0.1, 0.15) is 109 Å². The monoisotopic (exact) mass is 434 g/mol. The Kier molecular flexibility index (Phi) is 19.0. The van der Waals surface area contributed by atoms with E-state index in [2.05, 4.69) is 6.92 Å². The number of rotatable bonds is 17. The second kappa shape index (κ2) is 18.5. The van der Waals surface area contributed by atoms with Crippen molar-refractivity contribution in [2.45, 2.75) is 115 Å². The van der Waals surface area contributed by atoms with E-state index in [4.69, 9.17) is 0 Å². The molecule has 0 aliphatic carbocycles. The van der Waals surface area contributed by atoms with Crippen LogP contribution in [0.5, 0.6) is 0 Å². The molecule has 0 aromatic heterocycles. The van der Waals surface area contributed by atoms with Crippen molar-refractivity contribution in [3.8, 4) is 0 Å². The molecule has 0 aliphatic rings. The molecule has 28 heavy (non-hydrogen) atoms. The molecule has 0 N–H and O–H groups in total. The Labute approximate surface area is 216 Å². The van der Waals surface area contributed by atoms with Crippen molar-refractivity contribution < 1.29 is 64.4 Å². The van der Waals surface area contributed by atoms with Gasteiger partial charge in [0.25, 0.3) is 0 Å². The van der Waals surface area contributed by atoms with E-state index < -0.39 is 10.1 Å². The van der Waals surface area contributed by atoms with Crippen LogP contribution < -0.4 is 51.4 Å². The van der Waals surface area contributed by atoms with Crippen LogP contribution in [0.2, 0.25) is 0 Å². The minimum atomic E-state index is -4.34. The number of benzene rings is 1. The van der Waals surface area contributed by atoms with Gasteiger partial charge in [0.1, 0.15) is 10.1 Å². The van der Waals surface area contributed by atoms with Crippen molar-refractivity contribution in [3.63, 3.8) is 0 Å². The number of aryl methyl sites for hydroxylation is 1. The molecular weight excluding hydrogens is 395 g/mol. The number of unbranched alkanes of at least 4 members (excludes halogenated alkanes) is 14. The summed E-state index contributed by atoms with van der Waals surface area (Å²) >= 11 is 0. The standard InChI is InChI=1S/C23H40O3S.K/c1-2-3-4-5-6-7-8-9-10-11-12-13-14-15-16-18-22-19-17-20-23(21-22)27(24,25)26;/h17,19-21H,2-16,18H2,1H3,(H,24,25,26);/q;+1/p-1. The van der Waals surface area contributed by atoms with E-state index in [1.165, 1.54) is 102 Å². The van der Waals surface area contributed by atoms with Crippen LogP contribution >= 0.6 is 0 Å². The molecule has 0 unspecified atom stereocenters. The quantitative estimate of drug-likeness (QED) is 0.211. The molecule has 0 saturated carbocycles. The van der Waals surface area contributed by atoms with Gasteiger partial charge in [0.05, 0.1) is 4.90 Å². The Balaban J connectivity index is 0.00000729. The molecular formula is C23H39KO3S. The van der Waals surface area contributed by atoms with E-state index in [0.29, 0.717) is 0 Å². The molecule has 0 saturated heterocycles. The molecule has 1 rings (SSSR count). The van der Waals surface area contributed by atoms with Gasteiger partial charge in [-0.15, -0.1) is 0 Å². The van der Waals surface area contributed by atoms with Gasteiger partial charge in [-0.2, -0.15) is 0 Å². The molecule has 0 fully saturated rings. The zero-order valence-corrected chi connectivity index (χ0v) is 22.2. The third-order valence-electron chi connectivity index (χ3n) is 5.26. The molecule has 1 aromatic rings.